The van der Waals surface area contributed by atoms with Crippen LogP contribution < -0.4 is 5.32 Å². The zero-order chi connectivity index (χ0) is 17.3. The van der Waals surface area contributed by atoms with E-state index in [-0.39, 0.29) is 6.03 Å². The Labute approximate surface area is 149 Å². The van der Waals surface area contributed by atoms with E-state index in [1.165, 1.54) is 0 Å². The van der Waals surface area contributed by atoms with Gasteiger partial charge in [-0.2, -0.15) is 0 Å². The molecule has 4 heteroatoms. The van der Waals surface area contributed by atoms with Gasteiger partial charge in [-0.15, -0.1) is 0 Å². The zero-order valence-corrected chi connectivity index (χ0v) is 14.7. The minimum absolute atomic E-state index is 0.0576. The summed E-state index contributed by atoms with van der Waals surface area (Å²) >= 11 is 0. The predicted molar refractivity (Wildman–Crippen MR) is 99.4 cm³/mol. The van der Waals surface area contributed by atoms with Crippen molar-refractivity contribution in [2.24, 2.45) is 0 Å². The molecule has 2 aliphatic rings. The maximum Gasteiger partial charge on any atom is 0.318 e. The second kappa shape index (κ2) is 6.52. The first kappa shape index (κ1) is 16.2. The van der Waals surface area contributed by atoms with Gasteiger partial charge in [-0.05, 0) is 44.1 Å². The fourth-order valence-corrected chi connectivity index (χ4v) is 4.16. The molecule has 0 radical (unpaired) electrons. The lowest BCUT2D eigenvalue weighted by Gasteiger charge is -2.36. The lowest BCUT2D eigenvalue weighted by molar-refractivity contribution is 0.146. The molecule has 2 heterocycles. The van der Waals surface area contributed by atoms with Gasteiger partial charge in [0.15, 0.2) is 0 Å². The van der Waals surface area contributed by atoms with E-state index >= 15 is 0 Å². The Morgan fingerprint density at radius 1 is 0.920 bits per heavy atom. The second-order valence-electron chi connectivity index (χ2n) is 7.23. The molecule has 2 fully saturated rings. The normalized spacial score (nSPS) is 21.3. The molecule has 25 heavy (non-hydrogen) atoms. The average molecular weight is 335 g/mol. The Kier molecular flexibility index (Phi) is 4.22. The fraction of sp³-hybridized carbons (Fsp3) is 0.381. The van der Waals surface area contributed by atoms with E-state index in [0.717, 1.165) is 37.1 Å². The Morgan fingerprint density at radius 2 is 1.44 bits per heavy atom. The van der Waals surface area contributed by atoms with Crippen LogP contribution in [0.2, 0.25) is 0 Å². The number of hydrogen-bond donors (Lipinski definition) is 1. The molecule has 130 valence electrons. The molecule has 2 saturated heterocycles. The minimum Gasteiger partial charge on any atom is -0.323 e. The molecule has 2 amide bonds. The first-order valence-corrected chi connectivity index (χ1v) is 9.07. The SMILES string of the molecule is CN1CCC(N2CC(c3ccccc3)(c3ccccc3)NC2=O)CC1. The highest BCUT2D eigenvalue weighted by Crippen LogP contribution is 2.36. The van der Waals surface area contributed by atoms with Crippen LogP contribution in [0.3, 0.4) is 0 Å². The van der Waals surface area contributed by atoms with Crippen molar-refractivity contribution < 1.29 is 4.79 Å². The van der Waals surface area contributed by atoms with Crippen LogP contribution >= 0.6 is 0 Å². The highest BCUT2D eigenvalue weighted by Gasteiger charge is 2.47. The van der Waals surface area contributed by atoms with E-state index in [4.69, 9.17) is 0 Å². The van der Waals surface area contributed by atoms with Crippen molar-refractivity contribution in [2.45, 2.75) is 24.4 Å². The van der Waals surface area contributed by atoms with Gasteiger partial charge in [-0.3, -0.25) is 0 Å². The van der Waals surface area contributed by atoms with Crippen molar-refractivity contribution in [3.63, 3.8) is 0 Å². The molecule has 2 aromatic carbocycles. The number of piperidine rings is 1. The van der Waals surface area contributed by atoms with Gasteiger partial charge < -0.3 is 15.1 Å². The lowest BCUT2D eigenvalue weighted by atomic mass is 9.83. The van der Waals surface area contributed by atoms with Crippen LogP contribution in [0, 0.1) is 0 Å². The molecule has 0 spiro atoms. The van der Waals surface area contributed by atoms with Crippen LogP contribution in [0.1, 0.15) is 24.0 Å². The van der Waals surface area contributed by atoms with Crippen LogP contribution in [0.25, 0.3) is 0 Å². The lowest BCUT2D eigenvalue weighted by Crippen LogP contribution is -2.45. The van der Waals surface area contributed by atoms with E-state index in [2.05, 4.69) is 46.4 Å². The predicted octanol–water partition coefficient (Wildman–Crippen LogP) is 3.05. The third-order valence-electron chi connectivity index (χ3n) is 5.65. The number of hydrogen-bond acceptors (Lipinski definition) is 2. The van der Waals surface area contributed by atoms with Crippen molar-refractivity contribution in [1.29, 1.82) is 0 Å². The fourth-order valence-electron chi connectivity index (χ4n) is 4.16. The van der Waals surface area contributed by atoms with Gasteiger partial charge in [0.05, 0.1) is 6.54 Å². The van der Waals surface area contributed by atoms with Crippen molar-refractivity contribution in [2.75, 3.05) is 26.7 Å². The molecule has 0 aliphatic carbocycles. The molecule has 0 saturated carbocycles. The van der Waals surface area contributed by atoms with Gasteiger partial charge in [0, 0.05) is 6.04 Å². The molecule has 0 aromatic heterocycles. The monoisotopic (exact) mass is 335 g/mol. The highest BCUT2D eigenvalue weighted by atomic mass is 16.2. The Hall–Kier alpha value is -2.33. The van der Waals surface area contributed by atoms with Crippen molar-refractivity contribution in [1.82, 2.24) is 15.1 Å². The number of carbonyl (C=O) groups is 1. The number of likely N-dealkylation sites (tertiary alicyclic amines) is 1. The average Bonchev–Trinajstić information content (AvgIpc) is 3.02. The number of amides is 2. The van der Waals surface area contributed by atoms with Crippen LogP contribution in [0.5, 0.6) is 0 Å². The molecule has 2 aromatic rings. The summed E-state index contributed by atoms with van der Waals surface area (Å²) in [5, 5.41) is 3.33. The largest absolute Gasteiger partial charge is 0.323 e. The number of nitrogens with zero attached hydrogens (tertiary/aromatic N) is 2. The number of rotatable bonds is 3. The van der Waals surface area contributed by atoms with Crippen LogP contribution in [0.4, 0.5) is 4.79 Å². The molecule has 2 aliphatic heterocycles. The smallest absolute Gasteiger partial charge is 0.318 e. The van der Waals surface area contributed by atoms with Gasteiger partial charge in [-0.1, -0.05) is 60.7 Å². The quantitative estimate of drug-likeness (QED) is 0.936. The third-order valence-corrected chi connectivity index (χ3v) is 5.65. The van der Waals surface area contributed by atoms with Gasteiger partial charge in [-0.25, -0.2) is 4.79 Å². The van der Waals surface area contributed by atoms with Gasteiger partial charge in [0.2, 0.25) is 0 Å². The summed E-state index contributed by atoms with van der Waals surface area (Å²) in [7, 11) is 2.15. The van der Waals surface area contributed by atoms with Crippen LogP contribution in [0.15, 0.2) is 60.7 Å². The van der Waals surface area contributed by atoms with E-state index in [9.17, 15) is 4.79 Å². The number of carbonyl (C=O) groups excluding carboxylic acids is 1. The summed E-state index contributed by atoms with van der Waals surface area (Å²) in [6.45, 7) is 2.80. The maximum absolute atomic E-state index is 12.9. The summed E-state index contributed by atoms with van der Waals surface area (Å²) in [6.07, 6.45) is 2.09. The standard InChI is InChI=1S/C21H25N3O/c1-23-14-12-19(13-15-23)24-16-21(22-20(24)25,17-8-4-2-5-9-17)18-10-6-3-7-11-18/h2-11,19H,12-16H2,1H3,(H,22,25). The Bertz CT molecular complexity index is 684. The minimum atomic E-state index is -0.469. The number of nitrogens with one attached hydrogen (secondary N) is 1. The highest BCUT2D eigenvalue weighted by molar-refractivity contribution is 5.80. The van der Waals surface area contributed by atoms with Gasteiger partial charge in [0.1, 0.15) is 5.54 Å². The van der Waals surface area contributed by atoms with Crippen molar-refractivity contribution >= 4 is 6.03 Å². The molecule has 0 bridgehead atoms. The Balaban J connectivity index is 1.70. The van der Waals surface area contributed by atoms with E-state index in [0.29, 0.717) is 12.6 Å². The summed E-state index contributed by atoms with van der Waals surface area (Å²) in [6, 6.07) is 21.1. The molecule has 1 N–H and O–H groups in total. The number of benzene rings is 2. The Morgan fingerprint density at radius 3 is 1.96 bits per heavy atom. The topological polar surface area (TPSA) is 35.6 Å². The van der Waals surface area contributed by atoms with Crippen LogP contribution in [-0.4, -0.2) is 48.6 Å². The molecule has 0 atom stereocenters. The molecule has 4 nitrogen and oxygen atoms in total. The molecule has 4 rings (SSSR count). The number of urea groups is 1. The van der Waals surface area contributed by atoms with E-state index in [1.54, 1.807) is 0 Å². The second-order valence-corrected chi connectivity index (χ2v) is 7.23. The summed E-state index contributed by atoms with van der Waals surface area (Å²) in [4.78, 5) is 17.3. The summed E-state index contributed by atoms with van der Waals surface area (Å²) < 4.78 is 0. The van der Waals surface area contributed by atoms with Crippen molar-refractivity contribution in [3.8, 4) is 0 Å². The summed E-state index contributed by atoms with van der Waals surface area (Å²) in [5.41, 5.74) is 1.82. The summed E-state index contributed by atoms with van der Waals surface area (Å²) in [5.74, 6) is 0. The zero-order valence-electron chi connectivity index (χ0n) is 14.7. The van der Waals surface area contributed by atoms with E-state index in [1.807, 2.05) is 36.4 Å². The van der Waals surface area contributed by atoms with E-state index < -0.39 is 5.54 Å². The first-order valence-electron chi connectivity index (χ1n) is 9.07. The molecular formula is C21H25N3O. The van der Waals surface area contributed by atoms with Crippen molar-refractivity contribution in [3.05, 3.63) is 71.8 Å². The first-order chi connectivity index (χ1) is 12.2. The molecular weight excluding hydrogens is 310 g/mol. The van der Waals surface area contributed by atoms with Gasteiger partial charge in [0.25, 0.3) is 0 Å². The van der Waals surface area contributed by atoms with Crippen LogP contribution in [-0.2, 0) is 5.54 Å². The van der Waals surface area contributed by atoms with Gasteiger partial charge >= 0.3 is 6.03 Å². The molecule has 0 unspecified atom stereocenters. The maximum atomic E-state index is 12.9. The third kappa shape index (κ3) is 2.91.